The lowest BCUT2D eigenvalue weighted by molar-refractivity contribution is -0.139. The van der Waals surface area contributed by atoms with Crippen LogP contribution < -0.4 is 10.2 Å². The lowest BCUT2D eigenvalue weighted by Gasteiger charge is -2.40. The van der Waals surface area contributed by atoms with Crippen molar-refractivity contribution < 1.29 is 9.59 Å². The van der Waals surface area contributed by atoms with Gasteiger partial charge in [0.2, 0.25) is 11.8 Å². The minimum Gasteiger partial charge on any atom is -0.340 e. The van der Waals surface area contributed by atoms with Crippen molar-refractivity contribution in [3.63, 3.8) is 0 Å². The Morgan fingerprint density at radius 2 is 1.74 bits per heavy atom. The zero-order valence-corrected chi connectivity index (χ0v) is 16.7. The first-order chi connectivity index (χ1) is 12.6. The largest absolute Gasteiger partial charge is 0.340 e. The second-order valence-corrected chi connectivity index (χ2v) is 7.70. The second kappa shape index (κ2) is 8.59. The predicted octanol–water partition coefficient (Wildman–Crippen LogP) is 1.21. The molecule has 1 aromatic rings. The van der Waals surface area contributed by atoms with Crippen molar-refractivity contribution in [3.8, 4) is 0 Å². The number of amides is 2. The lowest BCUT2D eigenvalue weighted by Crippen LogP contribution is -2.56. The van der Waals surface area contributed by atoms with Crippen molar-refractivity contribution in [1.82, 2.24) is 15.1 Å². The number of nitrogens with one attached hydrogen (secondary N) is 1. The van der Waals surface area contributed by atoms with Crippen LogP contribution in [0.25, 0.3) is 0 Å². The van der Waals surface area contributed by atoms with E-state index in [0.29, 0.717) is 5.92 Å². The molecule has 0 aromatic heterocycles. The van der Waals surface area contributed by atoms with Gasteiger partial charge in [-0.1, -0.05) is 25.1 Å². The maximum atomic E-state index is 12.9. The van der Waals surface area contributed by atoms with Gasteiger partial charge in [-0.05, 0) is 37.6 Å². The molecule has 2 unspecified atom stereocenters. The topological polar surface area (TPSA) is 55.9 Å². The highest BCUT2D eigenvalue weighted by Crippen LogP contribution is 2.25. The molecular weight excluding hydrogens is 364 g/mol. The zero-order valence-electron chi connectivity index (χ0n) is 15.8. The lowest BCUT2D eigenvalue weighted by atomic mass is 9.88. The normalized spacial score (nSPS) is 25.1. The molecule has 27 heavy (non-hydrogen) atoms. The number of hydrogen-bond acceptors (Lipinski definition) is 4. The number of nitrogens with zero attached hydrogens (tertiary/aromatic N) is 3. The highest BCUT2D eigenvalue weighted by Gasteiger charge is 2.39. The minimum absolute atomic E-state index is 0. The molecule has 148 valence electrons. The summed E-state index contributed by atoms with van der Waals surface area (Å²) in [6.07, 6.45) is 0.867. The van der Waals surface area contributed by atoms with Gasteiger partial charge in [0.1, 0.15) is 0 Å². The Morgan fingerprint density at radius 1 is 1.07 bits per heavy atom. The van der Waals surface area contributed by atoms with Crippen molar-refractivity contribution in [2.75, 3.05) is 50.7 Å². The van der Waals surface area contributed by atoms with Crippen molar-refractivity contribution in [2.24, 2.45) is 11.8 Å². The maximum absolute atomic E-state index is 12.9. The van der Waals surface area contributed by atoms with E-state index in [0.717, 1.165) is 57.9 Å². The van der Waals surface area contributed by atoms with E-state index < -0.39 is 0 Å². The molecule has 0 spiro atoms. The van der Waals surface area contributed by atoms with Gasteiger partial charge in [0.05, 0.1) is 6.04 Å². The third-order valence-electron chi connectivity index (χ3n) is 6.22. The van der Waals surface area contributed by atoms with Gasteiger partial charge in [-0.15, -0.1) is 12.4 Å². The predicted molar refractivity (Wildman–Crippen MR) is 108 cm³/mol. The van der Waals surface area contributed by atoms with Crippen LogP contribution in [0.1, 0.15) is 13.3 Å². The van der Waals surface area contributed by atoms with Gasteiger partial charge in [-0.3, -0.25) is 14.5 Å². The molecule has 0 aliphatic carbocycles. The Balaban J connectivity index is 0.00000210. The number of para-hydroxylation sites is 1. The number of benzene rings is 1. The van der Waals surface area contributed by atoms with Crippen LogP contribution in [0.15, 0.2) is 30.3 Å². The number of piperazine rings is 1. The van der Waals surface area contributed by atoms with E-state index >= 15 is 0 Å². The van der Waals surface area contributed by atoms with Crippen LogP contribution in [0, 0.1) is 11.8 Å². The van der Waals surface area contributed by atoms with E-state index in [1.54, 1.807) is 0 Å². The van der Waals surface area contributed by atoms with Crippen LogP contribution in [0.5, 0.6) is 0 Å². The Hall–Kier alpha value is -1.63. The summed E-state index contributed by atoms with van der Waals surface area (Å²) < 4.78 is 0. The highest BCUT2D eigenvalue weighted by atomic mass is 35.5. The van der Waals surface area contributed by atoms with E-state index in [-0.39, 0.29) is 36.2 Å². The molecule has 0 saturated carbocycles. The number of hydrogen-bond donors (Lipinski definition) is 1. The molecule has 3 aliphatic rings. The number of halogens is 1. The van der Waals surface area contributed by atoms with Gasteiger partial charge < -0.3 is 15.1 Å². The highest BCUT2D eigenvalue weighted by molar-refractivity contribution is 5.99. The first-order valence-electron chi connectivity index (χ1n) is 9.75. The van der Waals surface area contributed by atoms with Gasteiger partial charge >= 0.3 is 0 Å². The number of rotatable bonds is 4. The summed E-state index contributed by atoms with van der Waals surface area (Å²) in [5.74, 6) is 1.06. The Kier molecular flexibility index (Phi) is 6.40. The van der Waals surface area contributed by atoms with Gasteiger partial charge in [-0.25, -0.2) is 0 Å². The molecule has 7 heteroatoms. The fraction of sp³-hybridized carbons (Fsp3) is 0.600. The SMILES string of the molecule is CC(C(=O)N1CCN(C2CCN(c3ccccc3)C2=O)CC1)C1CNC1.Cl. The monoisotopic (exact) mass is 392 g/mol. The quantitative estimate of drug-likeness (QED) is 0.837. The molecule has 0 radical (unpaired) electrons. The van der Waals surface area contributed by atoms with Crippen LogP contribution in [0.4, 0.5) is 5.69 Å². The molecule has 3 fully saturated rings. The molecule has 0 bridgehead atoms. The van der Waals surface area contributed by atoms with Crippen molar-refractivity contribution in [1.29, 1.82) is 0 Å². The van der Waals surface area contributed by atoms with Crippen LogP contribution in [0.2, 0.25) is 0 Å². The first-order valence-corrected chi connectivity index (χ1v) is 9.75. The maximum Gasteiger partial charge on any atom is 0.244 e. The third kappa shape index (κ3) is 3.98. The Bertz CT molecular complexity index is 659. The Labute approximate surface area is 167 Å². The van der Waals surface area contributed by atoms with Crippen molar-refractivity contribution in [3.05, 3.63) is 30.3 Å². The number of carbonyl (C=O) groups is 2. The van der Waals surface area contributed by atoms with Gasteiger partial charge in [0, 0.05) is 44.3 Å². The second-order valence-electron chi connectivity index (χ2n) is 7.70. The summed E-state index contributed by atoms with van der Waals surface area (Å²) >= 11 is 0. The third-order valence-corrected chi connectivity index (χ3v) is 6.22. The summed E-state index contributed by atoms with van der Waals surface area (Å²) in [5, 5.41) is 3.25. The molecule has 3 aliphatic heterocycles. The minimum atomic E-state index is -0.0410. The molecule has 1 N–H and O–H groups in total. The molecule has 3 heterocycles. The van der Waals surface area contributed by atoms with Crippen molar-refractivity contribution in [2.45, 2.75) is 19.4 Å². The summed E-state index contributed by atoms with van der Waals surface area (Å²) in [4.78, 5) is 31.7. The standard InChI is InChI=1S/C20H28N4O2.ClH/c1-15(16-13-21-14-16)19(25)23-11-9-22(10-12-23)18-7-8-24(20(18)26)17-5-3-2-4-6-17;/h2-6,15-16,18,21H,7-14H2,1H3;1H. The van der Waals surface area contributed by atoms with Crippen LogP contribution in [-0.4, -0.2) is 73.5 Å². The smallest absolute Gasteiger partial charge is 0.244 e. The molecule has 4 rings (SSSR count). The molecule has 6 nitrogen and oxygen atoms in total. The Morgan fingerprint density at radius 3 is 2.33 bits per heavy atom. The van der Waals surface area contributed by atoms with Gasteiger partial charge in [-0.2, -0.15) is 0 Å². The molecule has 1 aromatic carbocycles. The van der Waals surface area contributed by atoms with Crippen LogP contribution in [0.3, 0.4) is 0 Å². The summed E-state index contributed by atoms with van der Waals surface area (Å²) in [5.41, 5.74) is 0.983. The average molecular weight is 393 g/mol. The average Bonchev–Trinajstić information content (AvgIpc) is 3.02. The number of anilines is 1. The summed E-state index contributed by atoms with van der Waals surface area (Å²) in [6.45, 7) is 7.80. The summed E-state index contributed by atoms with van der Waals surface area (Å²) in [7, 11) is 0. The van der Waals surface area contributed by atoms with E-state index in [4.69, 9.17) is 0 Å². The van der Waals surface area contributed by atoms with Crippen LogP contribution in [-0.2, 0) is 9.59 Å². The fourth-order valence-corrected chi connectivity index (χ4v) is 4.28. The summed E-state index contributed by atoms with van der Waals surface area (Å²) in [6, 6.07) is 9.86. The van der Waals surface area contributed by atoms with E-state index in [2.05, 4.69) is 17.1 Å². The van der Waals surface area contributed by atoms with Crippen LogP contribution >= 0.6 is 12.4 Å². The van der Waals surface area contributed by atoms with E-state index in [1.807, 2.05) is 40.1 Å². The first kappa shape index (κ1) is 20.1. The fourth-order valence-electron chi connectivity index (χ4n) is 4.28. The molecular formula is C20H29ClN4O2. The zero-order chi connectivity index (χ0) is 18.1. The molecule has 2 amide bonds. The molecule has 3 saturated heterocycles. The van der Waals surface area contributed by atoms with E-state index in [1.165, 1.54) is 0 Å². The van der Waals surface area contributed by atoms with Gasteiger partial charge in [0.15, 0.2) is 0 Å². The van der Waals surface area contributed by atoms with Gasteiger partial charge in [0.25, 0.3) is 0 Å². The number of carbonyl (C=O) groups excluding carboxylic acids is 2. The van der Waals surface area contributed by atoms with Crippen molar-refractivity contribution >= 4 is 29.9 Å². The molecule has 2 atom stereocenters. The van der Waals surface area contributed by atoms with E-state index in [9.17, 15) is 9.59 Å².